The third kappa shape index (κ3) is 1.82. The molecule has 0 saturated carbocycles. The van der Waals surface area contributed by atoms with Crippen LogP contribution in [0.15, 0.2) is 18.2 Å². The van der Waals surface area contributed by atoms with E-state index in [1.807, 2.05) is 24.7 Å². The summed E-state index contributed by atoms with van der Waals surface area (Å²) in [7, 11) is 1.94. The Morgan fingerprint density at radius 2 is 2.11 bits per heavy atom. The van der Waals surface area contributed by atoms with Crippen molar-refractivity contribution < 1.29 is 0 Å². The molecule has 2 heterocycles. The van der Waals surface area contributed by atoms with Crippen molar-refractivity contribution in [3.8, 4) is 11.1 Å². The van der Waals surface area contributed by atoms with Crippen LogP contribution < -0.4 is 5.73 Å². The fourth-order valence-corrected chi connectivity index (χ4v) is 2.49. The molecule has 5 heteroatoms. The summed E-state index contributed by atoms with van der Waals surface area (Å²) in [4.78, 5) is 7.68. The SMILES string of the molecule is Cc1nc2ccc(-c3c(CN)nn(C)c3C)cc2[nH]1. The topological polar surface area (TPSA) is 72.5 Å². The predicted molar refractivity (Wildman–Crippen MR) is 75.7 cm³/mol. The number of nitrogens with two attached hydrogens (primary N) is 1. The lowest BCUT2D eigenvalue weighted by molar-refractivity contribution is 0.721. The highest BCUT2D eigenvalue weighted by atomic mass is 15.3. The number of rotatable bonds is 2. The number of hydrogen-bond acceptors (Lipinski definition) is 3. The number of aryl methyl sites for hydroxylation is 2. The van der Waals surface area contributed by atoms with Crippen LogP contribution in [0.5, 0.6) is 0 Å². The maximum absolute atomic E-state index is 5.79. The molecule has 0 radical (unpaired) electrons. The lowest BCUT2D eigenvalue weighted by atomic mass is 10.0. The second-order valence-electron chi connectivity index (χ2n) is 4.79. The zero-order chi connectivity index (χ0) is 13.6. The van der Waals surface area contributed by atoms with E-state index in [2.05, 4.69) is 34.1 Å². The second kappa shape index (κ2) is 4.20. The van der Waals surface area contributed by atoms with E-state index < -0.39 is 0 Å². The van der Waals surface area contributed by atoms with E-state index in [0.717, 1.165) is 39.4 Å². The van der Waals surface area contributed by atoms with Crippen molar-refractivity contribution in [2.45, 2.75) is 20.4 Å². The van der Waals surface area contributed by atoms with Crippen molar-refractivity contribution in [2.75, 3.05) is 0 Å². The quantitative estimate of drug-likeness (QED) is 0.736. The number of fused-ring (bicyclic) bond motifs is 1. The Labute approximate surface area is 111 Å². The summed E-state index contributed by atoms with van der Waals surface area (Å²) in [6.45, 7) is 4.46. The molecule has 0 atom stereocenters. The third-order valence-corrected chi connectivity index (χ3v) is 3.49. The largest absolute Gasteiger partial charge is 0.342 e. The van der Waals surface area contributed by atoms with Crippen LogP contribution in [0.4, 0.5) is 0 Å². The van der Waals surface area contributed by atoms with Gasteiger partial charge in [-0.15, -0.1) is 0 Å². The van der Waals surface area contributed by atoms with Crippen molar-refractivity contribution in [2.24, 2.45) is 12.8 Å². The van der Waals surface area contributed by atoms with Gasteiger partial charge >= 0.3 is 0 Å². The minimum atomic E-state index is 0.442. The number of nitrogens with one attached hydrogen (secondary N) is 1. The molecule has 98 valence electrons. The first-order valence-electron chi connectivity index (χ1n) is 6.29. The van der Waals surface area contributed by atoms with Gasteiger partial charge in [0.2, 0.25) is 0 Å². The molecule has 0 spiro atoms. The smallest absolute Gasteiger partial charge is 0.104 e. The number of aromatic amines is 1. The van der Waals surface area contributed by atoms with Crippen LogP contribution in [0, 0.1) is 13.8 Å². The maximum atomic E-state index is 5.79. The molecule has 0 unspecified atom stereocenters. The fourth-order valence-electron chi connectivity index (χ4n) is 2.49. The summed E-state index contributed by atoms with van der Waals surface area (Å²) in [6.07, 6.45) is 0. The summed E-state index contributed by atoms with van der Waals surface area (Å²) in [6, 6.07) is 6.21. The van der Waals surface area contributed by atoms with Gasteiger partial charge in [-0.2, -0.15) is 5.10 Å². The van der Waals surface area contributed by atoms with E-state index in [4.69, 9.17) is 5.73 Å². The summed E-state index contributed by atoms with van der Waals surface area (Å²) < 4.78 is 1.87. The molecule has 19 heavy (non-hydrogen) atoms. The van der Waals surface area contributed by atoms with E-state index in [-0.39, 0.29) is 0 Å². The predicted octanol–water partition coefficient (Wildman–Crippen LogP) is 2.04. The van der Waals surface area contributed by atoms with E-state index in [0.29, 0.717) is 6.54 Å². The lowest BCUT2D eigenvalue weighted by Gasteiger charge is -2.03. The minimum Gasteiger partial charge on any atom is -0.342 e. The first-order valence-corrected chi connectivity index (χ1v) is 6.29. The molecular formula is C14H17N5. The second-order valence-corrected chi connectivity index (χ2v) is 4.79. The van der Waals surface area contributed by atoms with Crippen molar-refractivity contribution in [1.29, 1.82) is 0 Å². The Bertz CT molecular complexity index is 751. The first-order chi connectivity index (χ1) is 9.10. The molecule has 3 aromatic rings. The molecule has 0 amide bonds. The molecule has 0 fully saturated rings. The normalized spacial score (nSPS) is 11.4. The summed E-state index contributed by atoms with van der Waals surface area (Å²) in [5, 5.41) is 4.46. The molecule has 1 aromatic carbocycles. The molecule has 0 saturated heterocycles. The molecule has 0 aliphatic carbocycles. The van der Waals surface area contributed by atoms with Crippen LogP contribution in [0.1, 0.15) is 17.2 Å². The van der Waals surface area contributed by atoms with Gasteiger partial charge in [0.1, 0.15) is 5.82 Å². The number of imidazole rings is 1. The Balaban J connectivity index is 2.23. The monoisotopic (exact) mass is 255 g/mol. The van der Waals surface area contributed by atoms with Gasteiger partial charge in [0.15, 0.2) is 0 Å². The van der Waals surface area contributed by atoms with Gasteiger partial charge in [0.05, 0.1) is 16.7 Å². The molecular weight excluding hydrogens is 238 g/mol. The third-order valence-electron chi connectivity index (χ3n) is 3.49. The van der Waals surface area contributed by atoms with Crippen LogP contribution in [0.3, 0.4) is 0 Å². The standard InChI is InChI=1S/C14H17N5/c1-8-14(13(7-15)18-19(8)3)10-4-5-11-12(6-10)17-9(2)16-11/h4-6H,7,15H2,1-3H3,(H,16,17). The highest BCUT2D eigenvalue weighted by Crippen LogP contribution is 2.29. The van der Waals surface area contributed by atoms with E-state index >= 15 is 0 Å². The number of H-pyrrole nitrogens is 1. The van der Waals surface area contributed by atoms with Crippen LogP contribution in [0.2, 0.25) is 0 Å². The van der Waals surface area contributed by atoms with Crippen molar-refractivity contribution in [3.63, 3.8) is 0 Å². The first kappa shape index (κ1) is 11.9. The van der Waals surface area contributed by atoms with Crippen molar-refractivity contribution in [3.05, 3.63) is 35.4 Å². The summed E-state index contributed by atoms with van der Waals surface area (Å²) in [5.41, 5.74) is 12.1. The highest BCUT2D eigenvalue weighted by molar-refractivity contribution is 5.83. The molecule has 2 aromatic heterocycles. The minimum absolute atomic E-state index is 0.442. The van der Waals surface area contributed by atoms with Crippen molar-refractivity contribution >= 4 is 11.0 Å². The molecule has 3 rings (SSSR count). The molecule has 5 nitrogen and oxygen atoms in total. The molecule has 3 N–H and O–H groups in total. The zero-order valence-corrected chi connectivity index (χ0v) is 11.4. The van der Waals surface area contributed by atoms with E-state index in [9.17, 15) is 0 Å². The summed E-state index contributed by atoms with van der Waals surface area (Å²) >= 11 is 0. The lowest BCUT2D eigenvalue weighted by Crippen LogP contribution is -1.99. The number of nitrogens with zero attached hydrogens (tertiary/aromatic N) is 3. The van der Waals surface area contributed by atoms with E-state index in [1.165, 1.54) is 0 Å². The zero-order valence-electron chi connectivity index (χ0n) is 11.4. The van der Waals surface area contributed by atoms with Gasteiger partial charge in [-0.05, 0) is 31.5 Å². The average Bonchev–Trinajstić information content (AvgIpc) is 2.88. The van der Waals surface area contributed by atoms with Gasteiger partial charge in [-0.1, -0.05) is 6.07 Å². The van der Waals surface area contributed by atoms with Gasteiger partial charge in [-0.3, -0.25) is 4.68 Å². The molecule has 0 bridgehead atoms. The number of hydrogen-bond donors (Lipinski definition) is 2. The van der Waals surface area contributed by atoms with Gasteiger partial charge < -0.3 is 10.7 Å². The Morgan fingerprint density at radius 1 is 1.32 bits per heavy atom. The molecule has 0 aliphatic heterocycles. The highest BCUT2D eigenvalue weighted by Gasteiger charge is 2.14. The van der Waals surface area contributed by atoms with Crippen LogP contribution >= 0.6 is 0 Å². The van der Waals surface area contributed by atoms with Gasteiger partial charge in [0.25, 0.3) is 0 Å². The number of aromatic nitrogens is 4. The van der Waals surface area contributed by atoms with Crippen LogP contribution in [-0.4, -0.2) is 19.7 Å². The number of benzene rings is 1. The van der Waals surface area contributed by atoms with Crippen LogP contribution in [-0.2, 0) is 13.6 Å². The van der Waals surface area contributed by atoms with E-state index in [1.54, 1.807) is 0 Å². The molecule has 0 aliphatic rings. The Kier molecular flexibility index (Phi) is 2.64. The summed E-state index contributed by atoms with van der Waals surface area (Å²) in [5.74, 6) is 0.925. The van der Waals surface area contributed by atoms with Crippen LogP contribution in [0.25, 0.3) is 22.2 Å². The van der Waals surface area contributed by atoms with Crippen molar-refractivity contribution in [1.82, 2.24) is 19.7 Å². The fraction of sp³-hybridized carbons (Fsp3) is 0.286. The van der Waals surface area contributed by atoms with Gasteiger partial charge in [0, 0.05) is 24.8 Å². The Morgan fingerprint density at radius 3 is 2.84 bits per heavy atom. The Hall–Kier alpha value is -2.14. The maximum Gasteiger partial charge on any atom is 0.104 e. The average molecular weight is 255 g/mol. The van der Waals surface area contributed by atoms with Gasteiger partial charge in [-0.25, -0.2) is 4.98 Å².